The number of amides is 1. The first-order valence-electron chi connectivity index (χ1n) is 9.52. The molecule has 1 aromatic rings. The molecule has 0 bridgehead atoms. The lowest BCUT2D eigenvalue weighted by atomic mass is 10.1. The van der Waals surface area contributed by atoms with E-state index in [1.54, 1.807) is 0 Å². The predicted molar refractivity (Wildman–Crippen MR) is 103 cm³/mol. The fourth-order valence-corrected chi connectivity index (χ4v) is 2.10. The van der Waals surface area contributed by atoms with Crippen LogP contribution in [-0.2, 0) is 14.3 Å². The summed E-state index contributed by atoms with van der Waals surface area (Å²) in [5, 5.41) is 19.0. The molecular formula is C20H30NO7-. The molecule has 0 unspecified atom stereocenters. The van der Waals surface area contributed by atoms with E-state index in [9.17, 15) is 4.79 Å². The van der Waals surface area contributed by atoms with Crippen LogP contribution in [0.25, 0.3) is 0 Å². The average Bonchev–Trinajstić information content (AvgIpc) is 2.67. The minimum atomic E-state index is -2.07. The van der Waals surface area contributed by atoms with Crippen LogP contribution in [0.1, 0.15) is 58.8 Å². The maximum atomic E-state index is 11.6. The highest BCUT2D eigenvalue weighted by atomic mass is 16.5. The van der Waals surface area contributed by atoms with Gasteiger partial charge in [-0.3, -0.25) is 5.32 Å². The maximum Gasteiger partial charge on any atom is 0.411 e. The third-order valence-electron chi connectivity index (χ3n) is 3.49. The van der Waals surface area contributed by atoms with Crippen molar-refractivity contribution in [3.05, 3.63) is 24.3 Å². The number of carbonyl (C=O) groups excluding carboxylic acids is 2. The van der Waals surface area contributed by atoms with Crippen molar-refractivity contribution in [2.24, 2.45) is 0 Å². The zero-order valence-corrected chi connectivity index (χ0v) is 16.6. The number of carboxylic acids is 2. The van der Waals surface area contributed by atoms with Crippen molar-refractivity contribution in [3.8, 4) is 5.75 Å². The van der Waals surface area contributed by atoms with Crippen LogP contribution in [0.15, 0.2) is 24.3 Å². The van der Waals surface area contributed by atoms with Gasteiger partial charge in [0.1, 0.15) is 5.75 Å². The van der Waals surface area contributed by atoms with Crippen molar-refractivity contribution < 1.29 is 34.1 Å². The Morgan fingerprint density at radius 2 is 1.57 bits per heavy atom. The van der Waals surface area contributed by atoms with Crippen LogP contribution in [0.3, 0.4) is 0 Å². The van der Waals surface area contributed by atoms with E-state index in [-0.39, 0.29) is 0 Å². The first-order chi connectivity index (χ1) is 13.4. The second kappa shape index (κ2) is 16.4. The summed E-state index contributed by atoms with van der Waals surface area (Å²) in [7, 11) is 0. The quantitative estimate of drug-likeness (QED) is 0.434. The van der Waals surface area contributed by atoms with Gasteiger partial charge in [0, 0.05) is 0 Å². The normalized spacial score (nSPS) is 9.64. The van der Waals surface area contributed by atoms with Crippen LogP contribution < -0.4 is 15.2 Å². The molecule has 0 spiro atoms. The Kier molecular flexibility index (Phi) is 14.8. The summed E-state index contributed by atoms with van der Waals surface area (Å²) < 4.78 is 10.8. The van der Waals surface area contributed by atoms with E-state index in [4.69, 9.17) is 29.3 Å². The van der Waals surface area contributed by atoms with Crippen LogP contribution in [0.2, 0.25) is 0 Å². The Hall–Kier alpha value is -2.77. The Labute approximate surface area is 165 Å². The molecule has 1 aromatic carbocycles. The SMILES string of the molecule is CCCCCCCCOc1ccccc1NC(=O)OCCC.O=C([O-])C(=O)O. The van der Waals surface area contributed by atoms with Gasteiger partial charge >= 0.3 is 12.1 Å². The van der Waals surface area contributed by atoms with E-state index in [2.05, 4.69) is 12.2 Å². The summed E-state index contributed by atoms with van der Waals surface area (Å²) in [4.78, 5) is 29.6. The number of unbranched alkanes of at least 4 members (excludes halogenated alkanes) is 5. The van der Waals surface area contributed by atoms with Crippen molar-refractivity contribution in [1.29, 1.82) is 0 Å². The largest absolute Gasteiger partial charge is 0.539 e. The molecule has 1 amide bonds. The molecule has 0 heterocycles. The molecule has 8 heteroatoms. The lowest BCUT2D eigenvalue weighted by Gasteiger charge is -2.12. The zero-order valence-electron chi connectivity index (χ0n) is 16.6. The molecule has 0 aliphatic heterocycles. The maximum absolute atomic E-state index is 11.6. The monoisotopic (exact) mass is 396 g/mol. The molecule has 0 aliphatic carbocycles. The second-order valence-electron chi connectivity index (χ2n) is 5.97. The van der Waals surface area contributed by atoms with E-state index >= 15 is 0 Å². The van der Waals surface area contributed by atoms with Gasteiger partial charge in [0.2, 0.25) is 0 Å². The lowest BCUT2D eigenvalue weighted by molar-refractivity contribution is -0.303. The van der Waals surface area contributed by atoms with Crippen LogP contribution in [0.5, 0.6) is 5.75 Å². The molecule has 158 valence electrons. The van der Waals surface area contributed by atoms with Gasteiger partial charge in [0.25, 0.3) is 0 Å². The third-order valence-corrected chi connectivity index (χ3v) is 3.49. The summed E-state index contributed by atoms with van der Waals surface area (Å²) in [5.74, 6) is -3.31. The molecule has 0 fully saturated rings. The van der Waals surface area contributed by atoms with E-state index in [0.29, 0.717) is 24.7 Å². The van der Waals surface area contributed by atoms with E-state index < -0.39 is 18.0 Å². The van der Waals surface area contributed by atoms with Gasteiger partial charge in [-0.15, -0.1) is 0 Å². The molecular weight excluding hydrogens is 366 g/mol. The Morgan fingerprint density at radius 3 is 2.18 bits per heavy atom. The standard InChI is InChI=1S/C18H29NO3.C2H2O4/c1-3-5-6-7-8-11-15-21-17-13-10-9-12-16(17)19-18(20)22-14-4-2;3-1(4)2(5)6/h9-10,12-13H,3-8,11,14-15H2,1-2H3,(H,19,20);(H,3,4)(H,5,6)/p-1. The first kappa shape index (κ1) is 25.2. The smallest absolute Gasteiger partial charge is 0.411 e. The van der Waals surface area contributed by atoms with Gasteiger partial charge in [-0.1, -0.05) is 58.1 Å². The molecule has 28 heavy (non-hydrogen) atoms. The van der Waals surface area contributed by atoms with E-state index in [1.165, 1.54) is 32.1 Å². The summed E-state index contributed by atoms with van der Waals surface area (Å²) >= 11 is 0. The van der Waals surface area contributed by atoms with Crippen LogP contribution in [-0.4, -0.2) is 36.4 Å². The van der Waals surface area contributed by atoms with Crippen molar-refractivity contribution in [2.45, 2.75) is 58.8 Å². The third kappa shape index (κ3) is 13.4. The fraction of sp³-hybridized carbons (Fsp3) is 0.550. The van der Waals surface area contributed by atoms with Gasteiger partial charge in [0.05, 0.1) is 18.9 Å². The number of carbonyl (C=O) groups is 3. The molecule has 0 aliphatic rings. The zero-order chi connectivity index (χ0) is 21.2. The molecule has 0 atom stereocenters. The number of carboxylic acid groups (broad SMARTS) is 2. The van der Waals surface area contributed by atoms with Crippen molar-refractivity contribution in [1.82, 2.24) is 0 Å². The van der Waals surface area contributed by atoms with E-state index in [1.807, 2.05) is 31.2 Å². The average molecular weight is 396 g/mol. The summed E-state index contributed by atoms with van der Waals surface area (Å²) in [6.07, 6.45) is 7.75. The number of para-hydroxylation sites is 2. The van der Waals surface area contributed by atoms with E-state index in [0.717, 1.165) is 12.8 Å². The highest BCUT2D eigenvalue weighted by molar-refractivity contribution is 6.26. The van der Waals surface area contributed by atoms with Gasteiger partial charge < -0.3 is 24.5 Å². The molecule has 0 radical (unpaired) electrons. The van der Waals surface area contributed by atoms with Crippen LogP contribution in [0, 0.1) is 0 Å². The molecule has 0 saturated heterocycles. The summed E-state index contributed by atoms with van der Waals surface area (Å²) in [6.45, 7) is 5.28. The fourth-order valence-electron chi connectivity index (χ4n) is 2.10. The number of aliphatic carboxylic acids is 2. The number of ether oxygens (including phenoxy) is 2. The summed E-state index contributed by atoms with van der Waals surface area (Å²) in [5.41, 5.74) is 0.662. The minimum absolute atomic E-state index is 0.423. The number of rotatable bonds is 11. The highest BCUT2D eigenvalue weighted by Gasteiger charge is 2.07. The predicted octanol–water partition coefficient (Wildman–Crippen LogP) is 3.21. The van der Waals surface area contributed by atoms with Crippen molar-refractivity contribution >= 4 is 23.7 Å². The second-order valence-corrected chi connectivity index (χ2v) is 5.97. The van der Waals surface area contributed by atoms with Gasteiger partial charge in [-0.2, -0.15) is 0 Å². The van der Waals surface area contributed by atoms with Crippen LogP contribution >= 0.6 is 0 Å². The topological polar surface area (TPSA) is 125 Å². The number of hydrogen-bond acceptors (Lipinski definition) is 6. The first-order valence-corrected chi connectivity index (χ1v) is 9.52. The number of anilines is 1. The molecule has 0 aromatic heterocycles. The molecule has 2 N–H and O–H groups in total. The number of nitrogens with one attached hydrogen (secondary N) is 1. The van der Waals surface area contributed by atoms with Gasteiger partial charge in [-0.25, -0.2) is 9.59 Å². The van der Waals surface area contributed by atoms with Gasteiger partial charge in [-0.05, 0) is 25.0 Å². The highest BCUT2D eigenvalue weighted by Crippen LogP contribution is 2.24. The summed E-state index contributed by atoms with van der Waals surface area (Å²) in [6, 6.07) is 7.46. The molecule has 1 rings (SSSR count). The lowest BCUT2D eigenvalue weighted by Crippen LogP contribution is -2.30. The molecule has 0 saturated carbocycles. The van der Waals surface area contributed by atoms with Crippen LogP contribution in [0.4, 0.5) is 10.5 Å². The van der Waals surface area contributed by atoms with Crippen molar-refractivity contribution in [2.75, 3.05) is 18.5 Å². The Balaban J connectivity index is 0.00000105. The Morgan fingerprint density at radius 1 is 0.964 bits per heavy atom. The molecule has 8 nitrogen and oxygen atoms in total. The number of benzene rings is 1. The number of hydrogen-bond donors (Lipinski definition) is 2. The minimum Gasteiger partial charge on any atom is -0.539 e. The van der Waals surface area contributed by atoms with Gasteiger partial charge in [0.15, 0.2) is 5.97 Å². The Bertz CT molecular complexity index is 578. The van der Waals surface area contributed by atoms with Crippen molar-refractivity contribution in [3.63, 3.8) is 0 Å².